The fourth-order valence-corrected chi connectivity index (χ4v) is 1.97. The molecule has 0 radical (unpaired) electrons. The number of anilines is 1. The first-order valence-electron chi connectivity index (χ1n) is 5.90. The highest BCUT2D eigenvalue weighted by Gasteiger charge is 2.05. The van der Waals surface area contributed by atoms with Gasteiger partial charge in [0.1, 0.15) is 0 Å². The molecule has 1 N–H and O–H groups in total. The Kier molecular flexibility index (Phi) is 4.44. The van der Waals surface area contributed by atoms with E-state index in [-0.39, 0.29) is 5.75 Å². The lowest BCUT2D eigenvalue weighted by Crippen LogP contribution is -2.01. The number of halogens is 2. The quantitative estimate of drug-likeness (QED) is 0.926. The molecule has 3 nitrogen and oxygen atoms in total. The molecule has 0 atom stereocenters. The summed E-state index contributed by atoms with van der Waals surface area (Å²) in [5, 5.41) is 12.4. The van der Waals surface area contributed by atoms with Gasteiger partial charge in [-0.3, -0.25) is 0 Å². The van der Waals surface area contributed by atoms with Crippen molar-refractivity contribution < 1.29 is 9.13 Å². The van der Waals surface area contributed by atoms with Crippen LogP contribution in [0.25, 0.3) is 0 Å². The molecule has 2 aromatic rings. The van der Waals surface area contributed by atoms with Crippen molar-refractivity contribution in [2.45, 2.75) is 6.54 Å². The van der Waals surface area contributed by atoms with Gasteiger partial charge < -0.3 is 10.1 Å². The zero-order valence-electron chi connectivity index (χ0n) is 10.8. The van der Waals surface area contributed by atoms with E-state index in [0.29, 0.717) is 17.1 Å². The van der Waals surface area contributed by atoms with Crippen molar-refractivity contribution in [3.8, 4) is 11.8 Å². The Morgan fingerprint density at radius 3 is 2.75 bits per heavy atom. The second kappa shape index (κ2) is 6.27. The predicted octanol–water partition coefficient (Wildman–Crippen LogP) is 3.97. The van der Waals surface area contributed by atoms with E-state index in [2.05, 4.69) is 5.32 Å². The molecule has 0 fully saturated rings. The van der Waals surface area contributed by atoms with Crippen LogP contribution < -0.4 is 10.1 Å². The zero-order valence-corrected chi connectivity index (χ0v) is 11.5. The molecule has 0 aliphatic heterocycles. The third-order valence-electron chi connectivity index (χ3n) is 2.82. The Bertz CT molecular complexity index is 667. The van der Waals surface area contributed by atoms with Gasteiger partial charge in [-0.15, -0.1) is 0 Å². The second-order valence-electron chi connectivity index (χ2n) is 4.12. The van der Waals surface area contributed by atoms with Gasteiger partial charge in [-0.25, -0.2) is 4.39 Å². The maximum Gasteiger partial charge on any atom is 0.165 e. The van der Waals surface area contributed by atoms with Gasteiger partial charge in [0.2, 0.25) is 0 Å². The van der Waals surface area contributed by atoms with E-state index in [0.717, 1.165) is 11.3 Å². The predicted molar refractivity (Wildman–Crippen MR) is 76.4 cm³/mol. The summed E-state index contributed by atoms with van der Waals surface area (Å²) in [6.07, 6.45) is 0. The molecule has 0 unspecified atom stereocenters. The lowest BCUT2D eigenvalue weighted by molar-refractivity contribution is 0.387. The van der Waals surface area contributed by atoms with Gasteiger partial charge in [0.25, 0.3) is 0 Å². The number of methoxy groups -OCH3 is 1. The monoisotopic (exact) mass is 290 g/mol. The summed E-state index contributed by atoms with van der Waals surface area (Å²) in [4.78, 5) is 0. The van der Waals surface area contributed by atoms with Crippen LogP contribution in [-0.2, 0) is 6.54 Å². The molecule has 20 heavy (non-hydrogen) atoms. The average Bonchev–Trinajstić information content (AvgIpc) is 2.47. The van der Waals surface area contributed by atoms with Gasteiger partial charge in [0.05, 0.1) is 18.7 Å². The minimum atomic E-state index is -0.408. The molecule has 102 valence electrons. The fraction of sp³-hybridized carbons (Fsp3) is 0.133. The number of nitriles is 1. The van der Waals surface area contributed by atoms with Crippen LogP contribution in [0.1, 0.15) is 11.1 Å². The molecular weight excluding hydrogens is 279 g/mol. The number of hydrogen-bond acceptors (Lipinski definition) is 3. The molecule has 5 heteroatoms. The van der Waals surface area contributed by atoms with Crippen LogP contribution in [0.5, 0.6) is 5.75 Å². The van der Waals surface area contributed by atoms with Gasteiger partial charge in [-0.05, 0) is 29.8 Å². The van der Waals surface area contributed by atoms with Gasteiger partial charge in [-0.2, -0.15) is 5.26 Å². The van der Waals surface area contributed by atoms with Crippen LogP contribution in [-0.4, -0.2) is 7.11 Å². The summed E-state index contributed by atoms with van der Waals surface area (Å²) in [5.74, 6) is -0.226. The second-order valence-corrected chi connectivity index (χ2v) is 4.53. The highest BCUT2D eigenvalue weighted by Crippen LogP contribution is 2.23. The molecule has 0 amide bonds. The normalized spacial score (nSPS) is 9.90. The third-order valence-corrected chi connectivity index (χ3v) is 3.17. The SMILES string of the molecule is COc1cc(NCc2ccc(C#N)cc2Cl)ccc1F. The Balaban J connectivity index is 2.11. The molecular formula is C15H12ClFN2O. The molecule has 0 aromatic heterocycles. The lowest BCUT2D eigenvalue weighted by Gasteiger charge is -2.10. The topological polar surface area (TPSA) is 45.0 Å². The van der Waals surface area contributed by atoms with E-state index in [1.54, 1.807) is 30.3 Å². The molecule has 0 aliphatic carbocycles. The first-order valence-corrected chi connectivity index (χ1v) is 6.28. The summed E-state index contributed by atoms with van der Waals surface area (Å²) in [6, 6.07) is 11.7. The Hall–Kier alpha value is -2.25. The average molecular weight is 291 g/mol. The van der Waals surface area contributed by atoms with Crippen molar-refractivity contribution in [1.29, 1.82) is 5.26 Å². The van der Waals surface area contributed by atoms with Crippen LogP contribution in [0.2, 0.25) is 5.02 Å². The fourth-order valence-electron chi connectivity index (χ4n) is 1.73. The molecule has 0 saturated carbocycles. The largest absolute Gasteiger partial charge is 0.494 e. The summed E-state index contributed by atoms with van der Waals surface area (Å²) in [6.45, 7) is 0.472. The first-order chi connectivity index (χ1) is 9.63. The standard InChI is InChI=1S/C15H12ClFN2O/c1-20-15-7-12(4-5-14(15)17)19-9-11-3-2-10(8-18)6-13(11)16/h2-7,19H,9H2,1H3. The summed E-state index contributed by atoms with van der Waals surface area (Å²) >= 11 is 6.08. The number of ether oxygens (including phenoxy) is 1. The van der Waals surface area contributed by atoms with Crippen molar-refractivity contribution in [3.63, 3.8) is 0 Å². The van der Waals surface area contributed by atoms with Crippen molar-refractivity contribution in [2.24, 2.45) is 0 Å². The Morgan fingerprint density at radius 2 is 2.10 bits per heavy atom. The van der Waals surface area contributed by atoms with Crippen molar-refractivity contribution in [3.05, 3.63) is 58.4 Å². The maximum absolute atomic E-state index is 13.3. The lowest BCUT2D eigenvalue weighted by atomic mass is 10.1. The number of benzene rings is 2. The highest BCUT2D eigenvalue weighted by molar-refractivity contribution is 6.31. The summed E-state index contributed by atoms with van der Waals surface area (Å²) in [7, 11) is 1.42. The minimum Gasteiger partial charge on any atom is -0.494 e. The Morgan fingerprint density at radius 1 is 1.30 bits per heavy atom. The maximum atomic E-state index is 13.3. The van der Waals surface area contributed by atoms with E-state index in [1.165, 1.54) is 13.2 Å². The Labute approximate surface area is 121 Å². The molecule has 0 bridgehead atoms. The summed E-state index contributed by atoms with van der Waals surface area (Å²) in [5.41, 5.74) is 2.10. The van der Waals surface area contributed by atoms with E-state index in [9.17, 15) is 4.39 Å². The molecule has 0 heterocycles. The van der Waals surface area contributed by atoms with Crippen molar-refractivity contribution >= 4 is 17.3 Å². The van der Waals surface area contributed by atoms with Crippen LogP contribution in [0, 0.1) is 17.1 Å². The first kappa shape index (κ1) is 14.2. The molecule has 2 rings (SSSR count). The highest BCUT2D eigenvalue weighted by atomic mass is 35.5. The van der Waals surface area contributed by atoms with Crippen LogP contribution >= 0.6 is 11.6 Å². The van der Waals surface area contributed by atoms with Gasteiger partial charge in [0.15, 0.2) is 11.6 Å². The van der Waals surface area contributed by atoms with Crippen molar-refractivity contribution in [2.75, 3.05) is 12.4 Å². The van der Waals surface area contributed by atoms with E-state index < -0.39 is 5.82 Å². The van der Waals surface area contributed by atoms with Crippen LogP contribution in [0.15, 0.2) is 36.4 Å². The van der Waals surface area contributed by atoms with Crippen molar-refractivity contribution in [1.82, 2.24) is 0 Å². The number of nitrogens with one attached hydrogen (secondary N) is 1. The van der Waals surface area contributed by atoms with E-state index in [1.807, 2.05) is 6.07 Å². The third kappa shape index (κ3) is 3.19. The summed E-state index contributed by atoms with van der Waals surface area (Å²) < 4.78 is 18.2. The zero-order chi connectivity index (χ0) is 14.5. The van der Waals surface area contributed by atoms with Gasteiger partial charge in [0, 0.05) is 23.3 Å². The minimum absolute atomic E-state index is 0.181. The molecule has 0 saturated heterocycles. The number of nitrogens with zero attached hydrogens (tertiary/aromatic N) is 1. The molecule has 2 aromatic carbocycles. The number of rotatable bonds is 4. The van der Waals surface area contributed by atoms with E-state index >= 15 is 0 Å². The molecule has 0 spiro atoms. The number of hydrogen-bond donors (Lipinski definition) is 1. The molecule has 0 aliphatic rings. The van der Waals surface area contributed by atoms with Gasteiger partial charge in [-0.1, -0.05) is 17.7 Å². The van der Waals surface area contributed by atoms with Crippen LogP contribution in [0.4, 0.5) is 10.1 Å². The van der Waals surface area contributed by atoms with Gasteiger partial charge >= 0.3 is 0 Å². The smallest absolute Gasteiger partial charge is 0.165 e. The van der Waals surface area contributed by atoms with Crippen LogP contribution in [0.3, 0.4) is 0 Å². The van der Waals surface area contributed by atoms with E-state index in [4.69, 9.17) is 21.6 Å².